The van der Waals surface area contributed by atoms with Gasteiger partial charge in [0.05, 0.1) is 22.5 Å². The third kappa shape index (κ3) is 2.68. The van der Waals surface area contributed by atoms with Gasteiger partial charge >= 0.3 is 0 Å². The van der Waals surface area contributed by atoms with Gasteiger partial charge in [-0.2, -0.15) is 5.10 Å². The quantitative estimate of drug-likeness (QED) is 0.947. The van der Waals surface area contributed by atoms with Crippen LogP contribution in [0.1, 0.15) is 29.7 Å². The molecule has 1 N–H and O–H groups in total. The Kier molecular flexibility index (Phi) is 3.49. The van der Waals surface area contributed by atoms with E-state index in [4.69, 9.17) is 0 Å². The first-order valence-electron chi connectivity index (χ1n) is 7.10. The van der Waals surface area contributed by atoms with Crippen LogP contribution < -0.4 is 4.72 Å². The van der Waals surface area contributed by atoms with Crippen molar-refractivity contribution >= 4 is 15.7 Å². The summed E-state index contributed by atoms with van der Waals surface area (Å²) >= 11 is 0. The van der Waals surface area contributed by atoms with Crippen molar-refractivity contribution < 1.29 is 8.42 Å². The summed E-state index contributed by atoms with van der Waals surface area (Å²) in [6, 6.07) is 5.44. The minimum absolute atomic E-state index is 0.325. The molecule has 0 bridgehead atoms. The van der Waals surface area contributed by atoms with Gasteiger partial charge in [0.1, 0.15) is 0 Å². The summed E-state index contributed by atoms with van der Waals surface area (Å²) in [6.07, 6.45) is 5.86. The molecule has 0 fully saturated rings. The zero-order chi connectivity index (χ0) is 15.0. The molecule has 0 aliphatic heterocycles. The Hall–Kier alpha value is -1.82. The molecule has 1 aromatic carbocycles. The van der Waals surface area contributed by atoms with Crippen molar-refractivity contribution in [1.82, 2.24) is 9.78 Å². The number of hydrogen-bond donors (Lipinski definition) is 1. The SMILES string of the molecule is Cc1c(NS(=O)(=O)c2ccc3c(c2)CCCC3)cnn1C. The highest BCUT2D eigenvalue weighted by Gasteiger charge is 2.19. The van der Waals surface area contributed by atoms with Crippen LogP contribution in [0.25, 0.3) is 0 Å². The molecule has 0 spiro atoms. The molecule has 0 saturated heterocycles. The van der Waals surface area contributed by atoms with Crippen molar-refractivity contribution in [2.45, 2.75) is 37.5 Å². The van der Waals surface area contributed by atoms with Crippen LogP contribution in [-0.2, 0) is 29.9 Å². The standard InChI is InChI=1S/C15H19N3O2S/c1-11-15(10-16-18(11)2)17-21(19,20)14-8-7-12-5-3-4-6-13(12)9-14/h7-10,17H,3-6H2,1-2H3. The maximum atomic E-state index is 12.5. The molecule has 0 atom stereocenters. The summed E-state index contributed by atoms with van der Waals surface area (Å²) < 4.78 is 29.3. The van der Waals surface area contributed by atoms with Gasteiger partial charge in [0, 0.05) is 7.05 Å². The molecule has 0 amide bonds. The van der Waals surface area contributed by atoms with Gasteiger partial charge in [-0.1, -0.05) is 6.07 Å². The van der Waals surface area contributed by atoms with Crippen LogP contribution in [0.4, 0.5) is 5.69 Å². The monoisotopic (exact) mass is 305 g/mol. The first kappa shape index (κ1) is 14.1. The van der Waals surface area contributed by atoms with Gasteiger partial charge in [0.15, 0.2) is 0 Å². The number of anilines is 1. The molecule has 1 aromatic heterocycles. The first-order valence-corrected chi connectivity index (χ1v) is 8.59. The first-order chi connectivity index (χ1) is 9.97. The van der Waals surface area contributed by atoms with E-state index in [0.29, 0.717) is 10.6 Å². The molecule has 1 heterocycles. The van der Waals surface area contributed by atoms with E-state index in [-0.39, 0.29) is 0 Å². The number of aryl methyl sites for hydroxylation is 3. The molecule has 1 aliphatic carbocycles. The minimum Gasteiger partial charge on any atom is -0.276 e. The van der Waals surface area contributed by atoms with E-state index in [2.05, 4.69) is 9.82 Å². The van der Waals surface area contributed by atoms with E-state index in [1.54, 1.807) is 17.8 Å². The molecule has 6 heteroatoms. The van der Waals surface area contributed by atoms with Gasteiger partial charge in [-0.25, -0.2) is 8.42 Å². The fourth-order valence-electron chi connectivity index (χ4n) is 2.68. The summed E-state index contributed by atoms with van der Waals surface area (Å²) in [6.45, 7) is 1.83. The largest absolute Gasteiger partial charge is 0.276 e. The molecular weight excluding hydrogens is 286 g/mol. The Bertz CT molecular complexity index is 778. The van der Waals surface area contributed by atoms with Crippen LogP contribution in [0.2, 0.25) is 0 Å². The Morgan fingerprint density at radius 1 is 1.19 bits per heavy atom. The molecule has 0 radical (unpaired) electrons. The van der Waals surface area contributed by atoms with Crippen LogP contribution in [0.3, 0.4) is 0 Å². The summed E-state index contributed by atoms with van der Waals surface area (Å²) in [5.74, 6) is 0. The molecule has 21 heavy (non-hydrogen) atoms. The van der Waals surface area contributed by atoms with Gasteiger partial charge in [-0.3, -0.25) is 9.40 Å². The summed E-state index contributed by atoms with van der Waals surface area (Å²) in [5.41, 5.74) is 3.75. The van der Waals surface area contributed by atoms with Crippen LogP contribution in [0, 0.1) is 6.92 Å². The van der Waals surface area contributed by atoms with E-state index >= 15 is 0 Å². The Labute approximate surface area is 125 Å². The van der Waals surface area contributed by atoms with Crippen LogP contribution >= 0.6 is 0 Å². The number of sulfonamides is 1. The summed E-state index contributed by atoms with van der Waals surface area (Å²) in [5, 5.41) is 4.05. The van der Waals surface area contributed by atoms with E-state index in [1.807, 2.05) is 19.1 Å². The summed E-state index contributed by atoms with van der Waals surface area (Å²) in [4.78, 5) is 0.325. The molecule has 5 nitrogen and oxygen atoms in total. The number of nitrogens with one attached hydrogen (secondary N) is 1. The Morgan fingerprint density at radius 3 is 2.57 bits per heavy atom. The number of rotatable bonds is 3. The average Bonchev–Trinajstić information content (AvgIpc) is 2.78. The van der Waals surface area contributed by atoms with Crippen LogP contribution in [0.15, 0.2) is 29.3 Å². The Balaban J connectivity index is 1.93. The lowest BCUT2D eigenvalue weighted by Crippen LogP contribution is -2.15. The van der Waals surface area contributed by atoms with Crippen molar-refractivity contribution in [2.75, 3.05) is 4.72 Å². The third-order valence-electron chi connectivity index (χ3n) is 4.11. The maximum absolute atomic E-state index is 12.5. The van der Waals surface area contributed by atoms with Gasteiger partial charge in [-0.05, 0) is 55.9 Å². The van der Waals surface area contributed by atoms with Crippen molar-refractivity contribution in [3.8, 4) is 0 Å². The second kappa shape index (κ2) is 5.18. The number of nitrogens with zero attached hydrogens (tertiary/aromatic N) is 2. The molecule has 1 aliphatic rings. The fraction of sp³-hybridized carbons (Fsp3) is 0.400. The predicted octanol–water partition coefficient (Wildman–Crippen LogP) is 2.41. The molecule has 112 valence electrons. The van der Waals surface area contributed by atoms with Gasteiger partial charge in [0.2, 0.25) is 0 Å². The van der Waals surface area contributed by atoms with Crippen LogP contribution in [0.5, 0.6) is 0 Å². The number of hydrogen-bond acceptors (Lipinski definition) is 3. The highest BCUT2D eigenvalue weighted by Crippen LogP contribution is 2.25. The normalized spacial score (nSPS) is 14.8. The molecule has 0 unspecified atom stereocenters. The second-order valence-corrected chi connectivity index (χ2v) is 7.19. The van der Waals surface area contributed by atoms with Crippen LogP contribution in [-0.4, -0.2) is 18.2 Å². The van der Waals surface area contributed by atoms with Gasteiger partial charge in [0.25, 0.3) is 10.0 Å². The maximum Gasteiger partial charge on any atom is 0.262 e. The predicted molar refractivity (Wildman–Crippen MR) is 81.8 cm³/mol. The van der Waals surface area contributed by atoms with Crippen molar-refractivity contribution in [3.05, 3.63) is 41.2 Å². The lowest BCUT2D eigenvalue weighted by molar-refractivity contribution is 0.600. The highest BCUT2D eigenvalue weighted by molar-refractivity contribution is 7.92. The number of fused-ring (bicyclic) bond motifs is 1. The Morgan fingerprint density at radius 2 is 1.90 bits per heavy atom. The van der Waals surface area contributed by atoms with E-state index < -0.39 is 10.0 Å². The molecule has 3 rings (SSSR count). The molecule has 0 saturated carbocycles. The minimum atomic E-state index is -3.56. The molecule has 2 aromatic rings. The highest BCUT2D eigenvalue weighted by atomic mass is 32.2. The molecular formula is C15H19N3O2S. The number of aromatic nitrogens is 2. The van der Waals surface area contributed by atoms with E-state index in [1.165, 1.54) is 18.2 Å². The lowest BCUT2D eigenvalue weighted by Gasteiger charge is -2.17. The van der Waals surface area contributed by atoms with Crippen molar-refractivity contribution in [3.63, 3.8) is 0 Å². The number of benzene rings is 1. The second-order valence-electron chi connectivity index (χ2n) is 5.51. The third-order valence-corrected chi connectivity index (χ3v) is 5.47. The lowest BCUT2D eigenvalue weighted by atomic mass is 9.92. The fourth-order valence-corrected chi connectivity index (χ4v) is 3.83. The van der Waals surface area contributed by atoms with Gasteiger partial charge < -0.3 is 0 Å². The van der Waals surface area contributed by atoms with E-state index in [9.17, 15) is 8.42 Å². The topological polar surface area (TPSA) is 64.0 Å². The zero-order valence-electron chi connectivity index (χ0n) is 12.3. The van der Waals surface area contributed by atoms with Crippen molar-refractivity contribution in [2.24, 2.45) is 7.05 Å². The van der Waals surface area contributed by atoms with E-state index in [0.717, 1.165) is 30.5 Å². The van der Waals surface area contributed by atoms with Gasteiger partial charge in [-0.15, -0.1) is 0 Å². The smallest absolute Gasteiger partial charge is 0.262 e. The summed E-state index contributed by atoms with van der Waals surface area (Å²) in [7, 11) is -1.78. The van der Waals surface area contributed by atoms with Crippen molar-refractivity contribution in [1.29, 1.82) is 0 Å². The average molecular weight is 305 g/mol. The zero-order valence-corrected chi connectivity index (χ0v) is 13.1.